The molecule has 0 saturated carbocycles. The number of hydrogen-bond acceptors (Lipinski definition) is 6. The lowest BCUT2D eigenvalue weighted by atomic mass is 10.2. The van der Waals surface area contributed by atoms with Crippen LogP contribution in [0, 0.1) is 6.92 Å². The third-order valence-electron chi connectivity index (χ3n) is 4.38. The summed E-state index contributed by atoms with van der Waals surface area (Å²) in [7, 11) is -3.97. The summed E-state index contributed by atoms with van der Waals surface area (Å²) >= 11 is 6.10. The van der Waals surface area contributed by atoms with E-state index in [0.29, 0.717) is 21.6 Å². The smallest absolute Gasteiger partial charge is 0.263 e. The van der Waals surface area contributed by atoms with E-state index in [1.165, 1.54) is 6.07 Å². The number of fused-ring (bicyclic) bond motifs is 1. The average Bonchev–Trinajstić information content (AvgIpc) is 2.74. The highest BCUT2D eigenvalue weighted by Crippen LogP contribution is 2.29. The maximum atomic E-state index is 13.0. The minimum atomic E-state index is -3.97. The molecule has 0 atom stereocenters. The van der Waals surface area contributed by atoms with Crippen molar-refractivity contribution in [1.82, 2.24) is 15.0 Å². The van der Waals surface area contributed by atoms with Crippen LogP contribution in [0.4, 0.5) is 5.82 Å². The van der Waals surface area contributed by atoms with Crippen LogP contribution < -0.4 is 9.46 Å². The Kier molecular flexibility index (Phi) is 5.52. The molecule has 152 valence electrons. The maximum Gasteiger partial charge on any atom is 0.263 e. The van der Waals surface area contributed by atoms with E-state index in [4.69, 9.17) is 16.3 Å². The van der Waals surface area contributed by atoms with Gasteiger partial charge in [0.05, 0.1) is 15.9 Å². The van der Waals surface area contributed by atoms with Gasteiger partial charge >= 0.3 is 0 Å². The van der Waals surface area contributed by atoms with Crippen LogP contribution >= 0.6 is 11.6 Å². The van der Waals surface area contributed by atoms with Crippen molar-refractivity contribution in [2.75, 3.05) is 4.72 Å². The van der Waals surface area contributed by atoms with Crippen LogP contribution in [-0.4, -0.2) is 23.4 Å². The Bertz CT molecular complexity index is 1310. The summed E-state index contributed by atoms with van der Waals surface area (Å²) in [5.41, 5.74) is 2.37. The molecule has 2 heterocycles. The standard InChI is InChI=1S/C21H17ClN4O3S/c1-14-16(22)7-4-10-19(14)30(27,28)26-20-21(29-13-15-6-5-11-23-12-15)25-18-9-3-2-8-17(18)24-20/h2-12H,13H2,1H3,(H,24,26). The lowest BCUT2D eigenvalue weighted by Gasteiger charge is -2.14. The van der Waals surface area contributed by atoms with Gasteiger partial charge in [0.2, 0.25) is 5.82 Å². The third-order valence-corrected chi connectivity index (χ3v) is 6.27. The molecule has 0 fully saturated rings. The second kappa shape index (κ2) is 8.25. The van der Waals surface area contributed by atoms with Crippen LogP contribution in [0.25, 0.3) is 11.0 Å². The summed E-state index contributed by atoms with van der Waals surface area (Å²) in [6, 6.07) is 15.5. The van der Waals surface area contributed by atoms with E-state index < -0.39 is 10.0 Å². The fraction of sp³-hybridized carbons (Fsp3) is 0.0952. The molecule has 0 aliphatic rings. The Morgan fingerprint density at radius 3 is 2.50 bits per heavy atom. The van der Waals surface area contributed by atoms with Gasteiger partial charge in [-0.3, -0.25) is 9.71 Å². The number of pyridine rings is 1. The number of anilines is 1. The van der Waals surface area contributed by atoms with Gasteiger partial charge < -0.3 is 4.74 Å². The Balaban J connectivity index is 1.73. The van der Waals surface area contributed by atoms with Gasteiger partial charge in [0.1, 0.15) is 6.61 Å². The van der Waals surface area contributed by atoms with E-state index >= 15 is 0 Å². The van der Waals surface area contributed by atoms with Gasteiger partial charge in [-0.1, -0.05) is 35.9 Å². The van der Waals surface area contributed by atoms with Crippen molar-refractivity contribution in [2.45, 2.75) is 18.4 Å². The molecule has 0 saturated heterocycles. The number of para-hydroxylation sites is 2. The van der Waals surface area contributed by atoms with Crippen LogP contribution in [0.3, 0.4) is 0 Å². The van der Waals surface area contributed by atoms with E-state index in [9.17, 15) is 8.42 Å². The van der Waals surface area contributed by atoms with Crippen molar-refractivity contribution in [3.63, 3.8) is 0 Å². The molecule has 0 bridgehead atoms. The fourth-order valence-corrected chi connectivity index (χ4v) is 4.35. The number of sulfonamides is 1. The lowest BCUT2D eigenvalue weighted by Crippen LogP contribution is -2.17. The minimum Gasteiger partial charge on any atom is -0.470 e. The van der Waals surface area contributed by atoms with Gasteiger partial charge in [-0.15, -0.1) is 0 Å². The SMILES string of the molecule is Cc1c(Cl)cccc1S(=O)(=O)Nc1nc2ccccc2nc1OCc1cccnc1. The number of aromatic nitrogens is 3. The first-order valence-electron chi connectivity index (χ1n) is 9.00. The molecule has 4 aromatic rings. The topological polar surface area (TPSA) is 94.1 Å². The van der Waals surface area contributed by atoms with Crippen LogP contribution in [0.1, 0.15) is 11.1 Å². The third kappa shape index (κ3) is 4.19. The molecule has 2 aromatic carbocycles. The normalized spacial score (nSPS) is 11.4. The Morgan fingerprint density at radius 1 is 1.00 bits per heavy atom. The average molecular weight is 441 g/mol. The molecule has 0 radical (unpaired) electrons. The van der Waals surface area contributed by atoms with E-state index in [-0.39, 0.29) is 23.2 Å². The molecule has 9 heteroatoms. The molecule has 0 aliphatic heterocycles. The summed E-state index contributed by atoms with van der Waals surface area (Å²) in [6.07, 6.45) is 3.32. The van der Waals surface area contributed by atoms with Crippen molar-refractivity contribution in [3.05, 3.63) is 83.1 Å². The van der Waals surface area contributed by atoms with Crippen LogP contribution in [0.5, 0.6) is 5.88 Å². The summed E-state index contributed by atoms with van der Waals surface area (Å²) in [6.45, 7) is 1.80. The summed E-state index contributed by atoms with van der Waals surface area (Å²) in [4.78, 5) is 13.0. The second-order valence-corrected chi connectivity index (χ2v) is 8.54. The summed E-state index contributed by atoms with van der Waals surface area (Å²) in [5.74, 6) is 0.0674. The molecule has 0 amide bonds. The zero-order valence-corrected chi connectivity index (χ0v) is 17.5. The van der Waals surface area contributed by atoms with Gasteiger partial charge in [0.25, 0.3) is 15.9 Å². The molecule has 2 aromatic heterocycles. The molecule has 0 spiro atoms. The van der Waals surface area contributed by atoms with Gasteiger partial charge in [0.15, 0.2) is 0 Å². The predicted octanol–water partition coefficient (Wildman–Crippen LogP) is 4.37. The zero-order valence-electron chi connectivity index (χ0n) is 15.9. The highest BCUT2D eigenvalue weighted by Gasteiger charge is 2.22. The molecular weight excluding hydrogens is 424 g/mol. The largest absolute Gasteiger partial charge is 0.470 e. The molecule has 4 rings (SSSR count). The number of nitrogens with one attached hydrogen (secondary N) is 1. The number of halogens is 1. The number of ether oxygens (including phenoxy) is 1. The van der Waals surface area contributed by atoms with Crippen molar-refractivity contribution in [2.24, 2.45) is 0 Å². The monoisotopic (exact) mass is 440 g/mol. The lowest BCUT2D eigenvalue weighted by molar-refractivity contribution is 0.295. The molecule has 0 unspecified atom stereocenters. The maximum absolute atomic E-state index is 13.0. The van der Waals surface area contributed by atoms with Crippen LogP contribution in [0.2, 0.25) is 5.02 Å². The quantitative estimate of drug-likeness (QED) is 0.478. The van der Waals surface area contributed by atoms with Crippen molar-refractivity contribution in [3.8, 4) is 5.88 Å². The van der Waals surface area contributed by atoms with Crippen molar-refractivity contribution >= 4 is 38.5 Å². The predicted molar refractivity (Wildman–Crippen MR) is 115 cm³/mol. The first-order chi connectivity index (χ1) is 14.4. The Labute approximate surface area is 178 Å². The first kappa shape index (κ1) is 20.1. The molecule has 7 nitrogen and oxygen atoms in total. The molecular formula is C21H17ClN4O3S. The molecule has 1 N–H and O–H groups in total. The van der Waals surface area contributed by atoms with Crippen molar-refractivity contribution < 1.29 is 13.2 Å². The van der Waals surface area contributed by atoms with Gasteiger partial charge in [-0.2, -0.15) is 0 Å². The van der Waals surface area contributed by atoms with Crippen LogP contribution in [0.15, 0.2) is 71.9 Å². The Morgan fingerprint density at radius 2 is 1.77 bits per heavy atom. The number of benzene rings is 2. The summed E-state index contributed by atoms with van der Waals surface area (Å²) in [5, 5.41) is 0.357. The number of hydrogen-bond donors (Lipinski definition) is 1. The Hall–Kier alpha value is -3.23. The first-order valence-corrected chi connectivity index (χ1v) is 10.9. The number of nitrogens with zero attached hydrogens (tertiary/aromatic N) is 3. The number of rotatable bonds is 6. The minimum absolute atomic E-state index is 0.00281. The van der Waals surface area contributed by atoms with Gasteiger partial charge in [-0.25, -0.2) is 18.4 Å². The van der Waals surface area contributed by atoms with E-state index in [1.54, 1.807) is 55.7 Å². The summed E-state index contributed by atoms with van der Waals surface area (Å²) < 4.78 is 34.4. The van der Waals surface area contributed by atoms with Crippen molar-refractivity contribution in [1.29, 1.82) is 0 Å². The van der Waals surface area contributed by atoms with Crippen LogP contribution in [-0.2, 0) is 16.6 Å². The van der Waals surface area contributed by atoms with E-state index in [2.05, 4.69) is 19.7 Å². The van der Waals surface area contributed by atoms with E-state index in [0.717, 1.165) is 5.56 Å². The second-order valence-electron chi connectivity index (χ2n) is 6.48. The van der Waals surface area contributed by atoms with E-state index in [1.807, 2.05) is 12.1 Å². The molecule has 0 aliphatic carbocycles. The van der Waals surface area contributed by atoms with Gasteiger partial charge in [0, 0.05) is 23.0 Å². The van der Waals surface area contributed by atoms with Gasteiger partial charge in [-0.05, 0) is 42.8 Å². The zero-order chi connectivity index (χ0) is 21.1. The highest BCUT2D eigenvalue weighted by molar-refractivity contribution is 7.92. The molecule has 30 heavy (non-hydrogen) atoms. The highest BCUT2D eigenvalue weighted by atomic mass is 35.5. The fourth-order valence-electron chi connectivity index (χ4n) is 2.85.